The molecule has 0 spiro atoms. The second-order valence-corrected chi connectivity index (χ2v) is 7.30. The summed E-state index contributed by atoms with van der Waals surface area (Å²) in [4.78, 5) is 20.9. The number of carbonyl (C=O) groups is 1. The van der Waals surface area contributed by atoms with Crippen LogP contribution in [0, 0.1) is 0 Å². The lowest BCUT2D eigenvalue weighted by Crippen LogP contribution is -2.40. The van der Waals surface area contributed by atoms with Crippen molar-refractivity contribution in [2.75, 3.05) is 32.8 Å². The lowest BCUT2D eigenvalue weighted by Gasteiger charge is -2.28. The number of fused-ring (bicyclic) bond motifs is 1. The van der Waals surface area contributed by atoms with Gasteiger partial charge in [-0.15, -0.1) is 0 Å². The Morgan fingerprint density at radius 2 is 1.96 bits per heavy atom. The second kappa shape index (κ2) is 8.19. The van der Waals surface area contributed by atoms with Crippen molar-refractivity contribution in [3.05, 3.63) is 47.0 Å². The van der Waals surface area contributed by atoms with Crippen LogP contribution in [0.15, 0.2) is 24.5 Å². The summed E-state index contributed by atoms with van der Waals surface area (Å²) in [5.41, 5.74) is 4.98. The number of aryl methyl sites for hydroxylation is 2. The number of nitrogens with zero attached hydrogens (tertiary/aromatic N) is 5. The van der Waals surface area contributed by atoms with Crippen molar-refractivity contribution in [1.82, 2.24) is 24.6 Å². The van der Waals surface area contributed by atoms with Crippen molar-refractivity contribution in [3.8, 4) is 0 Å². The van der Waals surface area contributed by atoms with Crippen LogP contribution in [0.1, 0.15) is 28.9 Å². The highest BCUT2D eigenvalue weighted by atomic mass is 16.5. The van der Waals surface area contributed by atoms with Crippen LogP contribution >= 0.6 is 0 Å². The van der Waals surface area contributed by atoms with Crippen LogP contribution in [0.2, 0.25) is 0 Å². The number of hydrogen-bond donors (Lipinski definition) is 0. The van der Waals surface area contributed by atoms with E-state index < -0.39 is 0 Å². The van der Waals surface area contributed by atoms with Crippen molar-refractivity contribution in [2.24, 2.45) is 7.05 Å². The number of morpholine rings is 1. The van der Waals surface area contributed by atoms with Gasteiger partial charge in [0.05, 0.1) is 18.9 Å². The third kappa shape index (κ3) is 4.20. The predicted octanol–water partition coefficient (Wildman–Crippen LogP) is 1.16. The van der Waals surface area contributed by atoms with E-state index in [1.807, 2.05) is 29.0 Å². The van der Waals surface area contributed by atoms with Gasteiger partial charge in [-0.25, -0.2) is 0 Å². The van der Waals surface area contributed by atoms with Gasteiger partial charge in [-0.2, -0.15) is 5.10 Å². The first-order valence-electron chi connectivity index (χ1n) is 9.71. The Hall–Kier alpha value is -2.25. The minimum absolute atomic E-state index is 0.210. The van der Waals surface area contributed by atoms with Gasteiger partial charge in [0.1, 0.15) is 0 Å². The van der Waals surface area contributed by atoms with Gasteiger partial charge in [0, 0.05) is 82.7 Å². The Kier molecular flexibility index (Phi) is 5.50. The van der Waals surface area contributed by atoms with Crippen molar-refractivity contribution >= 4 is 5.91 Å². The first-order chi connectivity index (χ1) is 13.2. The molecular formula is C20H27N5O2. The molecule has 7 nitrogen and oxygen atoms in total. The predicted molar refractivity (Wildman–Crippen MR) is 101 cm³/mol. The normalized spacial score (nSPS) is 17.7. The Morgan fingerprint density at radius 3 is 2.74 bits per heavy atom. The minimum Gasteiger partial charge on any atom is -0.378 e. The molecule has 0 unspecified atom stereocenters. The van der Waals surface area contributed by atoms with E-state index in [2.05, 4.69) is 22.0 Å². The first kappa shape index (κ1) is 18.1. The minimum atomic E-state index is 0.210. The molecule has 0 N–H and O–H groups in total. The zero-order chi connectivity index (χ0) is 18.6. The first-order valence-corrected chi connectivity index (χ1v) is 9.71. The van der Waals surface area contributed by atoms with Gasteiger partial charge < -0.3 is 9.64 Å². The quantitative estimate of drug-likeness (QED) is 0.792. The number of hydrogen-bond acceptors (Lipinski definition) is 5. The molecule has 1 fully saturated rings. The van der Waals surface area contributed by atoms with Gasteiger partial charge in [-0.1, -0.05) is 0 Å². The summed E-state index contributed by atoms with van der Waals surface area (Å²) >= 11 is 0. The van der Waals surface area contributed by atoms with Crippen LogP contribution < -0.4 is 0 Å². The molecule has 27 heavy (non-hydrogen) atoms. The Labute approximate surface area is 159 Å². The molecule has 4 rings (SSSR count). The van der Waals surface area contributed by atoms with E-state index in [-0.39, 0.29) is 5.91 Å². The van der Waals surface area contributed by atoms with Crippen LogP contribution in [0.4, 0.5) is 0 Å². The highest BCUT2D eigenvalue weighted by Gasteiger charge is 2.25. The van der Waals surface area contributed by atoms with Crippen molar-refractivity contribution in [3.63, 3.8) is 0 Å². The number of amides is 1. The van der Waals surface area contributed by atoms with E-state index in [1.165, 1.54) is 16.8 Å². The van der Waals surface area contributed by atoms with E-state index in [0.29, 0.717) is 39.1 Å². The summed E-state index contributed by atoms with van der Waals surface area (Å²) < 4.78 is 7.34. The molecule has 1 saturated heterocycles. The zero-order valence-electron chi connectivity index (χ0n) is 15.9. The van der Waals surface area contributed by atoms with Crippen molar-refractivity contribution in [1.29, 1.82) is 0 Å². The van der Waals surface area contributed by atoms with Crippen LogP contribution in [0.3, 0.4) is 0 Å². The standard InChI is InChI=1S/C20H27N5O2/c1-23-19-6-9-24(14-16-4-7-21-8-5-16)15-17(19)18(22-23)2-3-20(26)25-10-12-27-13-11-25/h4-5,7-8H,2-3,6,9-15H2,1H3. The van der Waals surface area contributed by atoms with E-state index >= 15 is 0 Å². The van der Waals surface area contributed by atoms with Gasteiger partial charge >= 0.3 is 0 Å². The van der Waals surface area contributed by atoms with Crippen LogP contribution in [0.25, 0.3) is 0 Å². The number of rotatable bonds is 5. The highest BCUT2D eigenvalue weighted by molar-refractivity contribution is 5.76. The van der Waals surface area contributed by atoms with Crippen molar-refractivity contribution < 1.29 is 9.53 Å². The average Bonchev–Trinajstić information content (AvgIpc) is 3.03. The third-order valence-electron chi connectivity index (χ3n) is 5.50. The fourth-order valence-electron chi connectivity index (χ4n) is 4.00. The monoisotopic (exact) mass is 369 g/mol. The topological polar surface area (TPSA) is 63.5 Å². The van der Waals surface area contributed by atoms with E-state index in [1.54, 1.807) is 0 Å². The summed E-state index contributed by atoms with van der Waals surface area (Å²) in [5, 5.41) is 4.74. The number of aromatic nitrogens is 3. The van der Waals surface area contributed by atoms with E-state index in [4.69, 9.17) is 9.84 Å². The fraction of sp³-hybridized carbons (Fsp3) is 0.550. The summed E-state index contributed by atoms with van der Waals surface area (Å²) in [7, 11) is 2.02. The largest absolute Gasteiger partial charge is 0.378 e. The summed E-state index contributed by atoms with van der Waals surface area (Å²) in [5.74, 6) is 0.210. The van der Waals surface area contributed by atoms with Crippen LogP contribution in [-0.2, 0) is 42.5 Å². The molecular weight excluding hydrogens is 342 g/mol. The van der Waals surface area contributed by atoms with Gasteiger partial charge in [-0.3, -0.25) is 19.4 Å². The molecule has 0 aromatic carbocycles. The molecule has 0 saturated carbocycles. The lowest BCUT2D eigenvalue weighted by molar-refractivity contribution is -0.135. The third-order valence-corrected chi connectivity index (χ3v) is 5.50. The van der Waals surface area contributed by atoms with Gasteiger partial charge in [0.2, 0.25) is 5.91 Å². The molecule has 2 aromatic rings. The Morgan fingerprint density at radius 1 is 1.19 bits per heavy atom. The molecule has 0 atom stereocenters. The SMILES string of the molecule is Cn1nc(CCC(=O)N2CCOCC2)c2c1CCN(Cc1ccncc1)C2. The van der Waals surface area contributed by atoms with Crippen LogP contribution in [-0.4, -0.2) is 63.3 Å². The maximum absolute atomic E-state index is 12.5. The molecule has 4 heterocycles. The van der Waals surface area contributed by atoms with Crippen LogP contribution in [0.5, 0.6) is 0 Å². The Bertz CT molecular complexity index is 783. The number of ether oxygens (including phenoxy) is 1. The Balaban J connectivity index is 1.41. The molecule has 2 aromatic heterocycles. The van der Waals surface area contributed by atoms with Crippen molar-refractivity contribution in [2.45, 2.75) is 32.4 Å². The molecule has 2 aliphatic heterocycles. The molecule has 7 heteroatoms. The molecule has 0 bridgehead atoms. The molecule has 0 aliphatic carbocycles. The van der Waals surface area contributed by atoms with Gasteiger partial charge in [0.15, 0.2) is 0 Å². The highest BCUT2D eigenvalue weighted by Crippen LogP contribution is 2.24. The van der Waals surface area contributed by atoms with E-state index in [9.17, 15) is 4.79 Å². The maximum Gasteiger partial charge on any atom is 0.223 e. The second-order valence-electron chi connectivity index (χ2n) is 7.30. The fourth-order valence-corrected chi connectivity index (χ4v) is 4.00. The number of pyridine rings is 1. The molecule has 2 aliphatic rings. The maximum atomic E-state index is 12.5. The molecule has 0 radical (unpaired) electrons. The van der Waals surface area contributed by atoms with Gasteiger partial charge in [-0.05, 0) is 17.7 Å². The summed E-state index contributed by atoms with van der Waals surface area (Å²) in [6.07, 6.45) is 5.92. The summed E-state index contributed by atoms with van der Waals surface area (Å²) in [6.45, 7) is 5.55. The van der Waals surface area contributed by atoms with E-state index in [0.717, 1.165) is 31.7 Å². The van der Waals surface area contributed by atoms with Gasteiger partial charge in [0.25, 0.3) is 0 Å². The summed E-state index contributed by atoms with van der Waals surface area (Å²) in [6, 6.07) is 4.14. The molecule has 144 valence electrons. The lowest BCUT2D eigenvalue weighted by atomic mass is 10.0. The zero-order valence-corrected chi connectivity index (χ0v) is 15.9. The number of carbonyl (C=O) groups excluding carboxylic acids is 1. The average molecular weight is 369 g/mol. The smallest absolute Gasteiger partial charge is 0.223 e. The molecule has 1 amide bonds.